The Kier molecular flexibility index (Phi) is 11.7. The first-order chi connectivity index (χ1) is 17.9. The maximum absolute atomic E-state index is 12.5. The largest absolute Gasteiger partial charge is 0.370 e. The van der Waals surface area contributed by atoms with Gasteiger partial charge < -0.3 is 27.0 Å². The van der Waals surface area contributed by atoms with E-state index in [0.29, 0.717) is 25.4 Å². The van der Waals surface area contributed by atoms with Crippen molar-refractivity contribution in [3.05, 3.63) is 48.0 Å². The van der Waals surface area contributed by atoms with Gasteiger partial charge in [0.15, 0.2) is 5.96 Å². The second kappa shape index (κ2) is 15.2. The topological polar surface area (TPSA) is 126 Å². The number of benzene rings is 2. The molecular formula is C29H44N6O2. The normalized spacial score (nSPS) is 18.5. The minimum absolute atomic E-state index is 0.0294. The Morgan fingerprint density at radius 1 is 1.08 bits per heavy atom. The van der Waals surface area contributed by atoms with Crippen LogP contribution in [0.4, 0.5) is 0 Å². The zero-order chi connectivity index (χ0) is 26.5. The molecule has 1 aliphatic heterocycles. The number of nitrogens with zero attached hydrogens (tertiary/aromatic N) is 2. The highest BCUT2D eigenvalue weighted by molar-refractivity contribution is 5.85. The number of carbonyl (C=O) groups is 2. The lowest BCUT2D eigenvalue weighted by atomic mass is 9.89. The number of aliphatic imine (C=N–C) groups is 1. The molecule has 37 heavy (non-hydrogen) atoms. The van der Waals surface area contributed by atoms with Gasteiger partial charge in [-0.1, -0.05) is 68.7 Å². The molecule has 1 saturated heterocycles. The summed E-state index contributed by atoms with van der Waals surface area (Å²) in [4.78, 5) is 30.7. The zero-order valence-corrected chi connectivity index (χ0v) is 22.3. The van der Waals surface area contributed by atoms with Crippen molar-refractivity contribution in [3.63, 3.8) is 0 Å². The molecular weight excluding hydrogens is 464 g/mol. The van der Waals surface area contributed by atoms with Crippen LogP contribution in [-0.2, 0) is 16.0 Å². The molecule has 1 saturated carbocycles. The standard InChI is InChI=1S/C25H33N3O2.C4H11N3/c29-24(15-20-10-11-21-8-4-5-9-22(21)14-20)27-16-23-12-13-28(25(30)17-26-23)18-19-6-2-1-3-7-19;1-2-3-7-4(5)6/h4-5,8-11,14,19,23,26H,1-3,6-7,12-13,15-18H2,(H,27,29);2-3H2,1H3,(H4,5,6,7). The third kappa shape index (κ3) is 10.0. The second-order valence-corrected chi connectivity index (χ2v) is 10.2. The Bertz CT molecular complexity index is 1030. The van der Waals surface area contributed by atoms with Crippen LogP contribution in [0.1, 0.15) is 57.4 Å². The molecule has 0 spiro atoms. The highest BCUT2D eigenvalue weighted by atomic mass is 16.2. The van der Waals surface area contributed by atoms with Crippen LogP contribution >= 0.6 is 0 Å². The van der Waals surface area contributed by atoms with Gasteiger partial charge in [-0.05, 0) is 47.9 Å². The predicted octanol–water partition coefficient (Wildman–Crippen LogP) is 2.94. The summed E-state index contributed by atoms with van der Waals surface area (Å²) in [6, 6.07) is 14.5. The van der Waals surface area contributed by atoms with E-state index < -0.39 is 0 Å². The van der Waals surface area contributed by atoms with E-state index in [1.54, 1.807) is 0 Å². The number of fused-ring (bicyclic) bond motifs is 1. The molecule has 1 heterocycles. The summed E-state index contributed by atoms with van der Waals surface area (Å²) in [6.45, 7) is 5.39. The number of rotatable bonds is 8. The smallest absolute Gasteiger partial charge is 0.236 e. The SMILES string of the molecule is CCCN=C(N)N.O=C(Cc1ccc2ccccc2c1)NCC1CCN(CC2CCCCC2)C(=O)CN1. The summed E-state index contributed by atoms with van der Waals surface area (Å²) in [5.74, 6) is 1.08. The highest BCUT2D eigenvalue weighted by Crippen LogP contribution is 2.25. The fourth-order valence-electron chi connectivity index (χ4n) is 5.01. The first kappa shape index (κ1) is 28.4. The van der Waals surface area contributed by atoms with Crippen molar-refractivity contribution in [1.29, 1.82) is 0 Å². The second-order valence-electron chi connectivity index (χ2n) is 10.2. The van der Waals surface area contributed by atoms with Crippen molar-refractivity contribution in [2.75, 3.05) is 32.7 Å². The molecule has 2 amide bonds. The lowest BCUT2D eigenvalue weighted by Crippen LogP contribution is -2.42. The molecule has 0 bridgehead atoms. The minimum Gasteiger partial charge on any atom is -0.370 e. The van der Waals surface area contributed by atoms with E-state index in [4.69, 9.17) is 11.5 Å². The van der Waals surface area contributed by atoms with Gasteiger partial charge in [-0.3, -0.25) is 14.6 Å². The Labute approximate surface area is 221 Å². The molecule has 8 nitrogen and oxygen atoms in total. The fraction of sp³-hybridized carbons (Fsp3) is 0.552. The minimum atomic E-state index is 0.0294. The van der Waals surface area contributed by atoms with E-state index in [9.17, 15) is 9.59 Å². The van der Waals surface area contributed by atoms with Gasteiger partial charge in [-0.25, -0.2) is 0 Å². The van der Waals surface area contributed by atoms with Crippen LogP contribution in [0.25, 0.3) is 10.8 Å². The van der Waals surface area contributed by atoms with Crippen LogP contribution in [0.15, 0.2) is 47.5 Å². The lowest BCUT2D eigenvalue weighted by Gasteiger charge is -2.28. The molecule has 1 unspecified atom stereocenters. The summed E-state index contributed by atoms with van der Waals surface area (Å²) in [5, 5.41) is 8.74. The third-order valence-corrected chi connectivity index (χ3v) is 7.09. The molecule has 2 aromatic carbocycles. The first-order valence-corrected chi connectivity index (χ1v) is 13.8. The molecule has 8 heteroatoms. The van der Waals surface area contributed by atoms with Crippen molar-refractivity contribution in [3.8, 4) is 0 Å². The number of nitrogens with two attached hydrogens (primary N) is 2. The van der Waals surface area contributed by atoms with Crippen LogP contribution in [0.2, 0.25) is 0 Å². The summed E-state index contributed by atoms with van der Waals surface area (Å²) < 4.78 is 0. The van der Waals surface area contributed by atoms with Crippen LogP contribution in [-0.4, -0.2) is 61.4 Å². The number of carbonyl (C=O) groups excluding carboxylic acids is 2. The zero-order valence-electron chi connectivity index (χ0n) is 22.3. The van der Waals surface area contributed by atoms with Gasteiger partial charge in [-0.15, -0.1) is 0 Å². The molecule has 2 aromatic rings. The summed E-state index contributed by atoms with van der Waals surface area (Å²) >= 11 is 0. The number of nitrogens with one attached hydrogen (secondary N) is 2. The molecule has 4 rings (SSSR count). The van der Waals surface area contributed by atoms with Gasteiger partial charge in [0.25, 0.3) is 0 Å². The molecule has 1 aliphatic carbocycles. The monoisotopic (exact) mass is 508 g/mol. The van der Waals surface area contributed by atoms with Gasteiger partial charge in [0.1, 0.15) is 0 Å². The van der Waals surface area contributed by atoms with Gasteiger partial charge in [0.2, 0.25) is 11.8 Å². The molecule has 202 valence electrons. The van der Waals surface area contributed by atoms with E-state index in [1.807, 2.05) is 30.0 Å². The van der Waals surface area contributed by atoms with Gasteiger partial charge >= 0.3 is 0 Å². The van der Waals surface area contributed by atoms with Crippen LogP contribution < -0.4 is 22.1 Å². The average molecular weight is 509 g/mol. The highest BCUT2D eigenvalue weighted by Gasteiger charge is 2.25. The van der Waals surface area contributed by atoms with Crippen molar-refractivity contribution in [2.24, 2.45) is 22.4 Å². The Morgan fingerprint density at radius 3 is 2.54 bits per heavy atom. The van der Waals surface area contributed by atoms with E-state index in [2.05, 4.69) is 39.9 Å². The fourth-order valence-corrected chi connectivity index (χ4v) is 5.01. The van der Waals surface area contributed by atoms with E-state index in [1.165, 1.54) is 37.5 Å². The van der Waals surface area contributed by atoms with E-state index in [0.717, 1.165) is 43.4 Å². The van der Waals surface area contributed by atoms with E-state index >= 15 is 0 Å². The van der Waals surface area contributed by atoms with E-state index in [-0.39, 0.29) is 23.8 Å². The molecule has 0 aromatic heterocycles. The number of hydrogen-bond donors (Lipinski definition) is 4. The quantitative estimate of drug-likeness (QED) is 0.322. The Morgan fingerprint density at radius 2 is 1.84 bits per heavy atom. The molecule has 2 aliphatic rings. The van der Waals surface area contributed by atoms with Crippen LogP contribution in [0.3, 0.4) is 0 Å². The maximum atomic E-state index is 12.5. The molecule has 0 radical (unpaired) electrons. The molecule has 6 N–H and O–H groups in total. The molecule has 1 atom stereocenters. The van der Waals surface area contributed by atoms with Crippen molar-refractivity contribution < 1.29 is 9.59 Å². The summed E-state index contributed by atoms with van der Waals surface area (Å²) in [7, 11) is 0. The Hall–Kier alpha value is -3.13. The summed E-state index contributed by atoms with van der Waals surface area (Å²) in [5.41, 5.74) is 11.0. The van der Waals surface area contributed by atoms with Crippen LogP contribution in [0.5, 0.6) is 0 Å². The third-order valence-electron chi connectivity index (χ3n) is 7.09. The predicted molar refractivity (Wildman–Crippen MR) is 151 cm³/mol. The van der Waals surface area contributed by atoms with Gasteiger partial charge in [0, 0.05) is 32.2 Å². The number of hydrogen-bond acceptors (Lipinski definition) is 4. The van der Waals surface area contributed by atoms with Gasteiger partial charge in [0.05, 0.1) is 13.0 Å². The molecule has 2 fully saturated rings. The van der Waals surface area contributed by atoms with Crippen molar-refractivity contribution >= 4 is 28.5 Å². The van der Waals surface area contributed by atoms with Crippen LogP contribution in [0, 0.1) is 5.92 Å². The Balaban J connectivity index is 0.000000479. The first-order valence-electron chi connectivity index (χ1n) is 13.8. The number of guanidine groups is 1. The average Bonchev–Trinajstić information content (AvgIpc) is 3.08. The van der Waals surface area contributed by atoms with Crippen molar-refractivity contribution in [1.82, 2.24) is 15.5 Å². The summed E-state index contributed by atoms with van der Waals surface area (Å²) in [6.07, 6.45) is 8.72. The number of amides is 2. The van der Waals surface area contributed by atoms with Crippen molar-refractivity contribution in [2.45, 2.75) is 64.3 Å². The van der Waals surface area contributed by atoms with Gasteiger partial charge in [-0.2, -0.15) is 0 Å². The lowest BCUT2D eigenvalue weighted by molar-refractivity contribution is -0.130. The maximum Gasteiger partial charge on any atom is 0.236 e.